The van der Waals surface area contributed by atoms with Crippen molar-refractivity contribution < 1.29 is 14.4 Å². The fourth-order valence-electron chi connectivity index (χ4n) is 4.83. The number of piperidine rings is 1. The number of ketones is 1. The number of halogens is 1. The van der Waals surface area contributed by atoms with Crippen molar-refractivity contribution in [2.24, 2.45) is 5.92 Å². The fraction of sp³-hybridized carbons (Fsp3) is 0.321. The summed E-state index contributed by atoms with van der Waals surface area (Å²) in [6.07, 6.45) is 5.26. The molecule has 4 aromatic rings. The quantitative estimate of drug-likeness (QED) is 0.256. The van der Waals surface area contributed by atoms with E-state index in [9.17, 15) is 14.4 Å². The third-order valence-electron chi connectivity index (χ3n) is 6.85. The van der Waals surface area contributed by atoms with Crippen molar-refractivity contribution >= 4 is 44.4 Å². The van der Waals surface area contributed by atoms with E-state index in [0.29, 0.717) is 52.4 Å². The van der Waals surface area contributed by atoms with Crippen LogP contribution in [-0.2, 0) is 11.3 Å². The summed E-state index contributed by atoms with van der Waals surface area (Å²) in [6.45, 7) is 4.97. The van der Waals surface area contributed by atoms with E-state index in [-0.39, 0.29) is 30.1 Å². The highest BCUT2D eigenvalue weighted by molar-refractivity contribution is 9.10. The lowest BCUT2D eigenvalue weighted by Gasteiger charge is -2.33. The third kappa shape index (κ3) is 6.03. The highest BCUT2D eigenvalue weighted by atomic mass is 79.9. The van der Waals surface area contributed by atoms with Crippen LogP contribution in [0, 0.1) is 12.8 Å². The van der Waals surface area contributed by atoms with Gasteiger partial charge in [-0.2, -0.15) is 5.10 Å². The van der Waals surface area contributed by atoms with E-state index in [4.69, 9.17) is 0 Å². The van der Waals surface area contributed by atoms with Crippen LogP contribution in [0.4, 0.5) is 0 Å². The summed E-state index contributed by atoms with van der Waals surface area (Å²) in [4.78, 5) is 52.7. The molecule has 0 radical (unpaired) electrons. The van der Waals surface area contributed by atoms with Gasteiger partial charge in [0, 0.05) is 49.9 Å². The van der Waals surface area contributed by atoms with Crippen molar-refractivity contribution in [2.45, 2.75) is 33.2 Å². The molecule has 10 nitrogen and oxygen atoms in total. The third-order valence-corrected chi connectivity index (χ3v) is 7.30. The first-order valence-corrected chi connectivity index (χ1v) is 13.6. The number of hydrogen-bond donors (Lipinski definition) is 1. The fourth-order valence-corrected chi connectivity index (χ4v) is 5.17. The number of rotatable bonds is 7. The van der Waals surface area contributed by atoms with Gasteiger partial charge in [-0.3, -0.25) is 19.1 Å². The van der Waals surface area contributed by atoms with Gasteiger partial charge in [0.2, 0.25) is 5.91 Å². The molecule has 5 rings (SSSR count). The average Bonchev–Trinajstić information content (AvgIpc) is 3.30. The van der Waals surface area contributed by atoms with Crippen LogP contribution in [0.3, 0.4) is 0 Å². The van der Waals surface area contributed by atoms with Crippen molar-refractivity contribution in [3.8, 4) is 11.1 Å². The van der Waals surface area contributed by atoms with Crippen molar-refractivity contribution in [3.05, 3.63) is 70.6 Å². The number of aromatic nitrogens is 5. The Morgan fingerprint density at radius 3 is 2.64 bits per heavy atom. The van der Waals surface area contributed by atoms with Gasteiger partial charge in [0.25, 0.3) is 5.91 Å². The van der Waals surface area contributed by atoms with E-state index >= 15 is 0 Å². The second-order valence-corrected chi connectivity index (χ2v) is 10.5. The van der Waals surface area contributed by atoms with Gasteiger partial charge < -0.3 is 10.2 Å². The summed E-state index contributed by atoms with van der Waals surface area (Å²) in [5.41, 5.74) is 3.09. The summed E-state index contributed by atoms with van der Waals surface area (Å²) in [5.74, 6) is 0.336. The predicted octanol–water partition coefficient (Wildman–Crippen LogP) is 3.83. The second-order valence-electron chi connectivity index (χ2n) is 9.72. The van der Waals surface area contributed by atoms with Crippen LogP contribution in [0.2, 0.25) is 0 Å². The largest absolute Gasteiger partial charge is 0.350 e. The Hall–Kier alpha value is -3.99. The number of pyridine rings is 1. The number of amides is 2. The number of aryl methyl sites for hydroxylation is 1. The van der Waals surface area contributed by atoms with Gasteiger partial charge in [-0.1, -0.05) is 12.1 Å². The topological polar surface area (TPSA) is 123 Å². The summed E-state index contributed by atoms with van der Waals surface area (Å²) in [5, 5.41) is 8.14. The maximum absolute atomic E-state index is 13.3. The Balaban J connectivity index is 1.28. The van der Waals surface area contributed by atoms with E-state index in [1.54, 1.807) is 35.3 Å². The number of hydrogen-bond acceptors (Lipinski definition) is 7. The average molecular weight is 590 g/mol. The van der Waals surface area contributed by atoms with Crippen LogP contribution in [-0.4, -0.2) is 66.9 Å². The summed E-state index contributed by atoms with van der Waals surface area (Å²) >= 11 is 3.28. The lowest BCUT2D eigenvalue weighted by molar-refractivity contribution is -0.133. The van der Waals surface area contributed by atoms with Crippen LogP contribution in [0.1, 0.15) is 46.6 Å². The van der Waals surface area contributed by atoms with E-state index in [1.165, 1.54) is 6.92 Å². The lowest BCUT2D eigenvalue weighted by atomic mass is 9.98. The summed E-state index contributed by atoms with van der Waals surface area (Å²) in [7, 11) is 0. The molecule has 1 saturated heterocycles. The van der Waals surface area contributed by atoms with Crippen molar-refractivity contribution in [2.75, 3.05) is 19.6 Å². The molecular formula is C28H28BrN7O3. The van der Waals surface area contributed by atoms with E-state index in [1.807, 2.05) is 30.0 Å². The standard InChI is InChI=1S/C28H28BrN7O3/c1-17(37)27-22-11-20(21-13-30-18(2)31-14-21)8-9-24(22)36(34-27)16-26(38)35-10-4-5-19(15-35)12-32-28(39)23-6-3-7-25(29)33-23/h3,6-9,11,13-14,19H,4-5,10,12,15-16H2,1-2H3,(H,32,39)/t19-/m0/s1. The molecule has 4 heterocycles. The minimum Gasteiger partial charge on any atom is -0.350 e. The highest BCUT2D eigenvalue weighted by Crippen LogP contribution is 2.27. The van der Waals surface area contributed by atoms with Crippen LogP contribution in [0.15, 0.2) is 53.4 Å². The Morgan fingerprint density at radius 2 is 1.90 bits per heavy atom. The zero-order valence-corrected chi connectivity index (χ0v) is 23.3. The lowest BCUT2D eigenvalue weighted by Crippen LogP contribution is -2.45. The van der Waals surface area contributed by atoms with Crippen LogP contribution in [0.25, 0.3) is 22.0 Å². The van der Waals surface area contributed by atoms with Gasteiger partial charge in [0.1, 0.15) is 28.4 Å². The molecule has 1 aliphatic rings. The molecule has 0 spiro atoms. The van der Waals surface area contributed by atoms with Gasteiger partial charge in [-0.15, -0.1) is 0 Å². The molecule has 1 atom stereocenters. The van der Waals surface area contributed by atoms with Gasteiger partial charge in [-0.25, -0.2) is 15.0 Å². The van der Waals surface area contributed by atoms with Crippen LogP contribution in [0.5, 0.6) is 0 Å². The van der Waals surface area contributed by atoms with Gasteiger partial charge >= 0.3 is 0 Å². The molecular weight excluding hydrogens is 562 g/mol. The molecule has 0 aliphatic carbocycles. The summed E-state index contributed by atoms with van der Waals surface area (Å²) < 4.78 is 2.21. The van der Waals surface area contributed by atoms with Gasteiger partial charge in [0.05, 0.1) is 5.52 Å². The van der Waals surface area contributed by atoms with Gasteiger partial charge in [-0.05, 0) is 71.4 Å². The molecule has 39 heavy (non-hydrogen) atoms. The minimum atomic E-state index is -0.240. The Morgan fingerprint density at radius 1 is 1.10 bits per heavy atom. The number of carbonyl (C=O) groups excluding carboxylic acids is 3. The Labute approximate surface area is 234 Å². The zero-order valence-electron chi connectivity index (χ0n) is 21.7. The minimum absolute atomic E-state index is 0.0256. The molecule has 11 heteroatoms. The number of fused-ring (bicyclic) bond motifs is 1. The number of carbonyl (C=O) groups is 3. The zero-order chi connectivity index (χ0) is 27.5. The maximum Gasteiger partial charge on any atom is 0.269 e. The Kier molecular flexibility index (Phi) is 7.78. The summed E-state index contributed by atoms with van der Waals surface area (Å²) in [6, 6.07) is 10.9. The van der Waals surface area contributed by atoms with Crippen LogP contribution < -0.4 is 5.32 Å². The van der Waals surface area contributed by atoms with E-state index in [0.717, 1.165) is 24.0 Å². The number of Topliss-reactive ketones (excluding diaryl/α,β-unsaturated/α-hetero) is 1. The molecule has 1 aliphatic heterocycles. The molecule has 1 fully saturated rings. The van der Waals surface area contributed by atoms with Crippen molar-refractivity contribution in [1.82, 2.24) is 34.9 Å². The van der Waals surface area contributed by atoms with E-state index < -0.39 is 0 Å². The molecule has 1 aromatic carbocycles. The molecule has 2 amide bonds. The second kappa shape index (κ2) is 11.4. The molecule has 3 aromatic heterocycles. The SMILES string of the molecule is CC(=O)c1nn(CC(=O)N2CCC[C@@H](CNC(=O)c3cccc(Br)n3)C2)c2ccc(-c3cnc(C)nc3)cc12. The Bertz CT molecular complexity index is 1550. The maximum atomic E-state index is 13.3. The monoisotopic (exact) mass is 589 g/mol. The molecule has 0 bridgehead atoms. The normalized spacial score (nSPS) is 15.4. The van der Waals surface area contributed by atoms with Crippen LogP contribution >= 0.6 is 15.9 Å². The predicted molar refractivity (Wildman–Crippen MR) is 149 cm³/mol. The number of nitrogens with zero attached hydrogens (tertiary/aromatic N) is 6. The highest BCUT2D eigenvalue weighted by Gasteiger charge is 2.26. The number of benzene rings is 1. The van der Waals surface area contributed by atoms with Gasteiger partial charge in [0.15, 0.2) is 5.78 Å². The number of likely N-dealkylation sites (tertiary alicyclic amines) is 1. The van der Waals surface area contributed by atoms with Crippen molar-refractivity contribution in [3.63, 3.8) is 0 Å². The first-order valence-electron chi connectivity index (χ1n) is 12.8. The molecule has 0 unspecified atom stereocenters. The van der Waals surface area contributed by atoms with Crippen molar-refractivity contribution in [1.29, 1.82) is 0 Å². The molecule has 1 N–H and O–H groups in total. The van der Waals surface area contributed by atoms with E-state index in [2.05, 4.69) is 41.3 Å². The first-order chi connectivity index (χ1) is 18.8. The molecule has 200 valence electrons. The first kappa shape index (κ1) is 26.6. The smallest absolute Gasteiger partial charge is 0.269 e. The number of nitrogens with one attached hydrogen (secondary N) is 1. The molecule has 0 saturated carbocycles.